The molecule has 2 rings (SSSR count). The Kier molecular flexibility index (Phi) is 3.58. The van der Waals surface area contributed by atoms with Gasteiger partial charge >= 0.3 is 0 Å². The number of hydrogen-bond donors (Lipinski definition) is 4. The highest BCUT2D eigenvalue weighted by molar-refractivity contribution is 5.76. The van der Waals surface area contributed by atoms with Crippen LogP contribution in [0.4, 0.5) is 0 Å². The fourth-order valence-electron chi connectivity index (χ4n) is 1.90. The topological polar surface area (TPSA) is 77.1 Å². The number of carbonyl (C=O) groups excluding carboxylic acids is 1. The Labute approximate surface area is 94.2 Å². The monoisotopic (exact) mass is 223 g/mol. The number of aromatic nitrogens is 1. The minimum atomic E-state index is -0.746. The Balaban J connectivity index is 1.78. The summed E-state index contributed by atoms with van der Waals surface area (Å²) in [7, 11) is 0. The number of amides is 1. The van der Waals surface area contributed by atoms with Gasteiger partial charge in [-0.15, -0.1) is 0 Å². The van der Waals surface area contributed by atoms with Gasteiger partial charge in [-0.1, -0.05) is 0 Å². The third kappa shape index (κ3) is 2.84. The lowest BCUT2D eigenvalue weighted by molar-refractivity contribution is -0.123. The summed E-state index contributed by atoms with van der Waals surface area (Å²) in [4.78, 5) is 14.5. The SMILES string of the molecule is O=C(CC(O)c1ccc[nH]1)NC1CCNC1. The lowest BCUT2D eigenvalue weighted by atomic mass is 10.1. The van der Waals surface area contributed by atoms with Crippen molar-refractivity contribution in [2.24, 2.45) is 0 Å². The van der Waals surface area contributed by atoms with E-state index in [1.807, 2.05) is 0 Å². The lowest BCUT2D eigenvalue weighted by Crippen LogP contribution is -2.36. The van der Waals surface area contributed by atoms with Crippen molar-refractivity contribution in [3.8, 4) is 0 Å². The molecule has 1 aliphatic heterocycles. The maximum atomic E-state index is 11.6. The average Bonchev–Trinajstić information content (AvgIpc) is 2.88. The number of H-pyrrole nitrogens is 1. The number of rotatable bonds is 4. The summed E-state index contributed by atoms with van der Waals surface area (Å²) in [6.45, 7) is 1.77. The van der Waals surface area contributed by atoms with E-state index in [1.54, 1.807) is 18.3 Å². The van der Waals surface area contributed by atoms with Gasteiger partial charge in [0.05, 0.1) is 6.42 Å². The van der Waals surface area contributed by atoms with Gasteiger partial charge in [0, 0.05) is 24.5 Å². The summed E-state index contributed by atoms with van der Waals surface area (Å²) in [6.07, 6.45) is 2.06. The number of aromatic amines is 1. The zero-order chi connectivity index (χ0) is 11.4. The van der Waals surface area contributed by atoms with Gasteiger partial charge in [0.2, 0.25) is 5.91 Å². The summed E-state index contributed by atoms with van der Waals surface area (Å²) in [5, 5.41) is 15.8. The van der Waals surface area contributed by atoms with Crippen LogP contribution in [0.3, 0.4) is 0 Å². The molecule has 1 aliphatic rings. The molecule has 0 radical (unpaired) electrons. The first-order valence-electron chi connectivity index (χ1n) is 5.57. The van der Waals surface area contributed by atoms with Crippen LogP contribution in [0.1, 0.15) is 24.6 Å². The molecule has 0 aliphatic carbocycles. The summed E-state index contributed by atoms with van der Waals surface area (Å²) in [5.74, 6) is -0.101. The molecule has 4 N–H and O–H groups in total. The molecule has 1 aromatic heterocycles. The molecular weight excluding hydrogens is 206 g/mol. The average molecular weight is 223 g/mol. The third-order valence-electron chi connectivity index (χ3n) is 2.79. The van der Waals surface area contributed by atoms with E-state index < -0.39 is 6.10 Å². The van der Waals surface area contributed by atoms with Gasteiger partial charge in [0.1, 0.15) is 6.10 Å². The number of carbonyl (C=O) groups is 1. The Hall–Kier alpha value is -1.33. The molecule has 0 aromatic carbocycles. The van der Waals surface area contributed by atoms with Gasteiger partial charge < -0.3 is 20.7 Å². The predicted molar refractivity (Wildman–Crippen MR) is 59.8 cm³/mol. The van der Waals surface area contributed by atoms with Gasteiger partial charge in [-0.2, -0.15) is 0 Å². The van der Waals surface area contributed by atoms with Crippen LogP contribution in [0.2, 0.25) is 0 Å². The molecule has 1 aromatic rings. The van der Waals surface area contributed by atoms with Gasteiger partial charge in [0.25, 0.3) is 0 Å². The minimum Gasteiger partial charge on any atom is -0.386 e. The highest BCUT2D eigenvalue weighted by Crippen LogP contribution is 2.13. The van der Waals surface area contributed by atoms with E-state index in [4.69, 9.17) is 0 Å². The molecular formula is C11H17N3O2. The zero-order valence-electron chi connectivity index (χ0n) is 9.07. The summed E-state index contributed by atoms with van der Waals surface area (Å²) in [6, 6.07) is 3.79. The minimum absolute atomic E-state index is 0.101. The van der Waals surface area contributed by atoms with Crippen molar-refractivity contribution in [3.05, 3.63) is 24.0 Å². The van der Waals surface area contributed by atoms with Crippen molar-refractivity contribution in [1.82, 2.24) is 15.6 Å². The van der Waals surface area contributed by atoms with Crippen LogP contribution in [0, 0.1) is 0 Å². The van der Waals surface area contributed by atoms with Gasteiger partial charge in [-0.3, -0.25) is 4.79 Å². The first kappa shape index (κ1) is 11.2. The highest BCUT2D eigenvalue weighted by Gasteiger charge is 2.19. The van der Waals surface area contributed by atoms with E-state index in [0.717, 1.165) is 19.5 Å². The van der Waals surface area contributed by atoms with Crippen LogP contribution >= 0.6 is 0 Å². The number of aliphatic hydroxyl groups excluding tert-OH is 1. The van der Waals surface area contributed by atoms with E-state index in [-0.39, 0.29) is 18.4 Å². The summed E-state index contributed by atoms with van der Waals surface area (Å²) >= 11 is 0. The second kappa shape index (κ2) is 5.14. The maximum absolute atomic E-state index is 11.6. The largest absolute Gasteiger partial charge is 0.386 e. The number of nitrogens with one attached hydrogen (secondary N) is 3. The fourth-order valence-corrected chi connectivity index (χ4v) is 1.90. The first-order valence-corrected chi connectivity index (χ1v) is 5.57. The van der Waals surface area contributed by atoms with Crippen molar-refractivity contribution in [3.63, 3.8) is 0 Å². The summed E-state index contributed by atoms with van der Waals surface area (Å²) in [5.41, 5.74) is 0.680. The van der Waals surface area contributed by atoms with Crippen molar-refractivity contribution in [1.29, 1.82) is 0 Å². The molecule has 1 fully saturated rings. The van der Waals surface area contributed by atoms with Crippen molar-refractivity contribution in [2.45, 2.75) is 25.0 Å². The highest BCUT2D eigenvalue weighted by atomic mass is 16.3. The van der Waals surface area contributed by atoms with Crippen LogP contribution in [-0.2, 0) is 4.79 Å². The molecule has 0 saturated carbocycles. The zero-order valence-corrected chi connectivity index (χ0v) is 9.07. The molecule has 0 bridgehead atoms. The smallest absolute Gasteiger partial charge is 0.223 e. The van der Waals surface area contributed by atoms with Crippen LogP contribution in [0.15, 0.2) is 18.3 Å². The molecule has 88 valence electrons. The molecule has 1 amide bonds. The lowest BCUT2D eigenvalue weighted by Gasteiger charge is -2.13. The number of aliphatic hydroxyl groups is 1. The van der Waals surface area contributed by atoms with Crippen LogP contribution in [0.25, 0.3) is 0 Å². The fraction of sp³-hybridized carbons (Fsp3) is 0.545. The molecule has 16 heavy (non-hydrogen) atoms. The second-order valence-electron chi connectivity index (χ2n) is 4.10. The number of hydrogen-bond acceptors (Lipinski definition) is 3. The molecule has 0 spiro atoms. The predicted octanol–water partition coefficient (Wildman–Crippen LogP) is -0.0837. The second-order valence-corrected chi connectivity index (χ2v) is 4.10. The van der Waals surface area contributed by atoms with Crippen molar-refractivity contribution >= 4 is 5.91 Å². The normalized spacial score (nSPS) is 21.9. The maximum Gasteiger partial charge on any atom is 0.223 e. The summed E-state index contributed by atoms with van der Waals surface area (Å²) < 4.78 is 0. The molecule has 2 atom stereocenters. The molecule has 2 heterocycles. The van der Waals surface area contributed by atoms with Crippen molar-refractivity contribution in [2.75, 3.05) is 13.1 Å². The van der Waals surface area contributed by atoms with E-state index in [2.05, 4.69) is 15.6 Å². The van der Waals surface area contributed by atoms with Crippen LogP contribution in [0.5, 0.6) is 0 Å². The van der Waals surface area contributed by atoms with E-state index in [1.165, 1.54) is 0 Å². The molecule has 1 saturated heterocycles. The van der Waals surface area contributed by atoms with E-state index in [9.17, 15) is 9.90 Å². The quantitative estimate of drug-likeness (QED) is 0.576. The molecule has 5 nitrogen and oxygen atoms in total. The first-order chi connectivity index (χ1) is 7.75. The van der Waals surface area contributed by atoms with Gasteiger partial charge in [-0.25, -0.2) is 0 Å². The third-order valence-corrected chi connectivity index (χ3v) is 2.79. The standard InChI is InChI=1S/C11H17N3O2/c15-10(9-2-1-4-13-9)6-11(16)14-8-3-5-12-7-8/h1-2,4,8,10,12-13,15H,3,5-7H2,(H,14,16). The van der Waals surface area contributed by atoms with Crippen LogP contribution < -0.4 is 10.6 Å². The van der Waals surface area contributed by atoms with Gasteiger partial charge in [-0.05, 0) is 25.1 Å². The van der Waals surface area contributed by atoms with Gasteiger partial charge in [0.15, 0.2) is 0 Å². The Morgan fingerprint density at radius 1 is 1.69 bits per heavy atom. The Morgan fingerprint density at radius 3 is 3.19 bits per heavy atom. The van der Waals surface area contributed by atoms with Crippen LogP contribution in [-0.4, -0.2) is 35.1 Å². The Morgan fingerprint density at radius 2 is 2.56 bits per heavy atom. The molecule has 2 unspecified atom stereocenters. The molecule has 5 heteroatoms. The van der Waals surface area contributed by atoms with Crippen molar-refractivity contribution < 1.29 is 9.90 Å². The Bertz CT molecular complexity index is 331. The van der Waals surface area contributed by atoms with E-state index >= 15 is 0 Å². The van der Waals surface area contributed by atoms with E-state index in [0.29, 0.717) is 5.69 Å².